The van der Waals surface area contributed by atoms with Crippen LogP contribution in [-0.4, -0.2) is 58.1 Å². The van der Waals surface area contributed by atoms with E-state index < -0.39 is 10.0 Å². The average molecular weight is 384 g/mol. The average Bonchev–Trinajstić information content (AvgIpc) is 2.66. The van der Waals surface area contributed by atoms with Gasteiger partial charge in [0.2, 0.25) is 15.9 Å². The summed E-state index contributed by atoms with van der Waals surface area (Å²) in [5.74, 6) is 0.533. The fraction of sp³-hybridized carbons (Fsp3) is 0.611. The van der Waals surface area contributed by atoms with Crippen LogP contribution in [-0.2, 0) is 26.0 Å². The number of morpholine rings is 1. The number of hydrogen-bond donors (Lipinski definition) is 1. The van der Waals surface area contributed by atoms with Gasteiger partial charge in [-0.3, -0.25) is 4.79 Å². The number of rotatable bonds is 8. The predicted octanol–water partition coefficient (Wildman–Crippen LogP) is 1.56. The molecule has 1 aliphatic heterocycles. The molecule has 1 N–H and O–H groups in total. The molecule has 1 heterocycles. The normalized spacial score (nSPS) is 16.9. The minimum Gasteiger partial charge on any atom is -0.496 e. The molecule has 1 aliphatic rings. The number of benzene rings is 1. The van der Waals surface area contributed by atoms with E-state index in [4.69, 9.17) is 9.47 Å². The minimum absolute atomic E-state index is 0.0529. The molecule has 26 heavy (non-hydrogen) atoms. The quantitative estimate of drug-likeness (QED) is 0.735. The third-order valence-electron chi connectivity index (χ3n) is 4.50. The summed E-state index contributed by atoms with van der Waals surface area (Å²) in [6.45, 7) is 5.46. The second kappa shape index (κ2) is 9.34. The van der Waals surface area contributed by atoms with Crippen LogP contribution in [0.5, 0.6) is 5.75 Å². The number of methoxy groups -OCH3 is 1. The topological polar surface area (TPSA) is 84.9 Å². The first-order valence-electron chi connectivity index (χ1n) is 8.92. The molecule has 0 bridgehead atoms. The molecule has 1 aromatic rings. The second-order valence-electron chi connectivity index (χ2n) is 6.37. The first-order valence-corrected chi connectivity index (χ1v) is 10.4. The van der Waals surface area contributed by atoms with E-state index in [2.05, 4.69) is 5.32 Å². The van der Waals surface area contributed by atoms with Crippen molar-refractivity contribution in [1.29, 1.82) is 0 Å². The van der Waals surface area contributed by atoms with Crippen LogP contribution in [0.3, 0.4) is 0 Å². The van der Waals surface area contributed by atoms with E-state index in [1.807, 2.05) is 13.8 Å². The third kappa shape index (κ3) is 5.18. The van der Waals surface area contributed by atoms with Crippen LogP contribution in [0.1, 0.15) is 32.3 Å². The highest BCUT2D eigenvalue weighted by molar-refractivity contribution is 7.89. The molecule has 7 nitrogen and oxygen atoms in total. The van der Waals surface area contributed by atoms with E-state index in [-0.39, 0.29) is 23.3 Å². The van der Waals surface area contributed by atoms with Gasteiger partial charge in [-0.15, -0.1) is 0 Å². The van der Waals surface area contributed by atoms with Gasteiger partial charge in [0.1, 0.15) is 5.75 Å². The van der Waals surface area contributed by atoms with E-state index in [1.165, 1.54) is 11.4 Å². The van der Waals surface area contributed by atoms with Gasteiger partial charge in [0.25, 0.3) is 0 Å². The fourth-order valence-electron chi connectivity index (χ4n) is 2.74. The van der Waals surface area contributed by atoms with Crippen molar-refractivity contribution in [3.63, 3.8) is 0 Å². The molecular weight excluding hydrogens is 356 g/mol. The summed E-state index contributed by atoms with van der Waals surface area (Å²) in [4.78, 5) is 12.2. The number of carbonyl (C=O) groups excluding carboxylic acids is 1. The SMILES string of the molecule is CCC(C)NC(=O)CCc1cc(S(=O)(=O)N2CCOCC2)ccc1OC. The molecular formula is C18H28N2O5S. The Bertz CT molecular complexity index is 714. The van der Waals surface area contributed by atoms with Gasteiger partial charge in [0, 0.05) is 25.6 Å². The van der Waals surface area contributed by atoms with Crippen LogP contribution >= 0.6 is 0 Å². The van der Waals surface area contributed by atoms with Crippen LogP contribution in [0, 0.1) is 0 Å². The van der Waals surface area contributed by atoms with E-state index in [9.17, 15) is 13.2 Å². The maximum atomic E-state index is 12.8. The van der Waals surface area contributed by atoms with Crippen molar-refractivity contribution in [1.82, 2.24) is 9.62 Å². The van der Waals surface area contributed by atoms with E-state index in [1.54, 1.807) is 18.2 Å². The van der Waals surface area contributed by atoms with Gasteiger partial charge < -0.3 is 14.8 Å². The Morgan fingerprint density at radius 3 is 2.65 bits per heavy atom. The number of nitrogens with one attached hydrogen (secondary N) is 1. The number of carbonyl (C=O) groups is 1. The molecule has 1 atom stereocenters. The summed E-state index contributed by atoms with van der Waals surface area (Å²) in [6.07, 6.45) is 1.56. The van der Waals surface area contributed by atoms with Crippen LogP contribution in [0.2, 0.25) is 0 Å². The number of aryl methyl sites for hydroxylation is 1. The lowest BCUT2D eigenvalue weighted by Crippen LogP contribution is -2.40. The fourth-order valence-corrected chi connectivity index (χ4v) is 4.20. The standard InChI is InChI=1S/C18H28N2O5S/c1-4-14(2)19-18(21)8-5-15-13-16(6-7-17(15)24-3)26(22,23)20-9-11-25-12-10-20/h6-7,13-14H,4-5,8-12H2,1-3H3,(H,19,21). The number of ether oxygens (including phenoxy) is 2. The van der Waals surface area contributed by atoms with Gasteiger partial charge in [-0.05, 0) is 43.5 Å². The first-order chi connectivity index (χ1) is 12.4. The number of amides is 1. The molecule has 0 radical (unpaired) electrons. The van der Waals surface area contributed by atoms with Crippen LogP contribution in [0.4, 0.5) is 0 Å². The molecule has 2 rings (SSSR count). The molecule has 8 heteroatoms. The zero-order chi connectivity index (χ0) is 19.2. The molecule has 1 aromatic carbocycles. The molecule has 1 unspecified atom stereocenters. The van der Waals surface area contributed by atoms with Crippen molar-refractivity contribution in [2.75, 3.05) is 33.4 Å². The van der Waals surface area contributed by atoms with Crippen molar-refractivity contribution in [2.24, 2.45) is 0 Å². The van der Waals surface area contributed by atoms with E-state index >= 15 is 0 Å². The summed E-state index contributed by atoms with van der Waals surface area (Å²) in [6, 6.07) is 4.93. The van der Waals surface area contributed by atoms with Crippen molar-refractivity contribution in [3.05, 3.63) is 23.8 Å². The van der Waals surface area contributed by atoms with Crippen molar-refractivity contribution in [2.45, 2.75) is 44.0 Å². The zero-order valence-corrected chi connectivity index (χ0v) is 16.5. The summed E-state index contributed by atoms with van der Waals surface area (Å²) in [5.41, 5.74) is 0.709. The maximum Gasteiger partial charge on any atom is 0.243 e. The van der Waals surface area contributed by atoms with E-state index in [0.717, 1.165) is 6.42 Å². The lowest BCUT2D eigenvalue weighted by molar-refractivity contribution is -0.121. The molecule has 1 fully saturated rings. The lowest BCUT2D eigenvalue weighted by Gasteiger charge is -2.26. The van der Waals surface area contributed by atoms with Crippen LogP contribution < -0.4 is 10.1 Å². The smallest absolute Gasteiger partial charge is 0.243 e. The highest BCUT2D eigenvalue weighted by atomic mass is 32.2. The van der Waals surface area contributed by atoms with Crippen LogP contribution in [0.15, 0.2) is 23.1 Å². The molecule has 146 valence electrons. The molecule has 0 saturated carbocycles. The Morgan fingerprint density at radius 1 is 1.35 bits per heavy atom. The van der Waals surface area contributed by atoms with E-state index in [0.29, 0.717) is 44.0 Å². The highest BCUT2D eigenvalue weighted by Crippen LogP contribution is 2.26. The van der Waals surface area contributed by atoms with Crippen molar-refractivity contribution in [3.8, 4) is 5.75 Å². The monoisotopic (exact) mass is 384 g/mol. The highest BCUT2D eigenvalue weighted by Gasteiger charge is 2.27. The maximum absolute atomic E-state index is 12.8. The van der Waals surface area contributed by atoms with Crippen LogP contribution in [0.25, 0.3) is 0 Å². The third-order valence-corrected chi connectivity index (χ3v) is 6.40. The van der Waals surface area contributed by atoms with Gasteiger partial charge >= 0.3 is 0 Å². The van der Waals surface area contributed by atoms with Gasteiger partial charge in [0.05, 0.1) is 25.2 Å². The molecule has 1 amide bonds. The summed E-state index contributed by atoms with van der Waals surface area (Å²) in [7, 11) is -2.04. The Morgan fingerprint density at radius 2 is 2.04 bits per heavy atom. The molecule has 0 aromatic heterocycles. The second-order valence-corrected chi connectivity index (χ2v) is 8.30. The summed E-state index contributed by atoms with van der Waals surface area (Å²) in [5, 5.41) is 2.91. The van der Waals surface area contributed by atoms with Gasteiger partial charge in [-0.2, -0.15) is 4.31 Å². The van der Waals surface area contributed by atoms with Gasteiger partial charge in [-0.25, -0.2) is 8.42 Å². The number of nitrogens with zero attached hydrogens (tertiary/aromatic N) is 1. The zero-order valence-electron chi connectivity index (χ0n) is 15.7. The molecule has 0 aliphatic carbocycles. The van der Waals surface area contributed by atoms with Gasteiger partial charge in [-0.1, -0.05) is 6.92 Å². The summed E-state index contributed by atoms with van der Waals surface area (Å²) >= 11 is 0. The molecule has 1 saturated heterocycles. The van der Waals surface area contributed by atoms with Crippen molar-refractivity contribution >= 4 is 15.9 Å². The Labute approximate surface area is 155 Å². The minimum atomic E-state index is -3.57. The predicted molar refractivity (Wildman–Crippen MR) is 98.8 cm³/mol. The van der Waals surface area contributed by atoms with Gasteiger partial charge in [0.15, 0.2) is 0 Å². The Balaban J connectivity index is 2.16. The Hall–Kier alpha value is -1.64. The lowest BCUT2D eigenvalue weighted by atomic mass is 10.1. The number of sulfonamides is 1. The molecule has 0 spiro atoms. The number of hydrogen-bond acceptors (Lipinski definition) is 5. The van der Waals surface area contributed by atoms with Crippen molar-refractivity contribution < 1.29 is 22.7 Å². The summed E-state index contributed by atoms with van der Waals surface area (Å²) < 4.78 is 37.6. The Kier molecular flexibility index (Phi) is 7.43. The largest absolute Gasteiger partial charge is 0.496 e. The first kappa shape index (κ1) is 20.7.